The smallest absolute Gasteiger partial charge is 0.141 e. The Morgan fingerprint density at radius 2 is 2.06 bits per heavy atom. The predicted octanol–water partition coefficient (Wildman–Crippen LogP) is 2.82. The van der Waals surface area contributed by atoms with Crippen molar-refractivity contribution >= 4 is 11.6 Å². The van der Waals surface area contributed by atoms with Gasteiger partial charge in [0.05, 0.1) is 5.02 Å². The molecule has 0 bridgehead atoms. The van der Waals surface area contributed by atoms with Crippen LogP contribution in [0.2, 0.25) is 5.02 Å². The molecule has 1 aromatic rings. The summed E-state index contributed by atoms with van der Waals surface area (Å²) >= 11 is 5.84. The Kier molecular flexibility index (Phi) is 3.71. The molecule has 1 saturated carbocycles. The molecule has 1 aromatic carbocycles. The zero-order valence-corrected chi connectivity index (χ0v) is 10.9. The molecular weight excluding hydrogens is 239 g/mol. The summed E-state index contributed by atoms with van der Waals surface area (Å²) in [6.07, 6.45) is 2.05. The standard InChI is InChI=1S/C13H18ClFN2/c1-17(2)13(9-5-10(16)6-9)8-3-4-12(15)11(14)7-8/h3-4,7,9-10,13H,5-6,16H2,1-2H3. The molecule has 0 spiro atoms. The number of nitrogens with zero attached hydrogens (tertiary/aromatic N) is 1. The van der Waals surface area contributed by atoms with E-state index in [0.717, 1.165) is 18.4 Å². The van der Waals surface area contributed by atoms with Gasteiger partial charge in [-0.15, -0.1) is 0 Å². The Hall–Kier alpha value is -0.640. The van der Waals surface area contributed by atoms with Crippen molar-refractivity contribution in [3.05, 3.63) is 34.6 Å². The van der Waals surface area contributed by atoms with Gasteiger partial charge < -0.3 is 10.6 Å². The second-order valence-corrected chi connectivity index (χ2v) is 5.48. The van der Waals surface area contributed by atoms with E-state index in [1.54, 1.807) is 6.07 Å². The van der Waals surface area contributed by atoms with Gasteiger partial charge in [0.2, 0.25) is 0 Å². The minimum Gasteiger partial charge on any atom is -0.328 e. The average Bonchev–Trinajstić information content (AvgIpc) is 2.20. The fraction of sp³-hybridized carbons (Fsp3) is 0.538. The molecule has 0 aliphatic heterocycles. The lowest BCUT2D eigenvalue weighted by Gasteiger charge is -2.41. The Balaban J connectivity index is 2.23. The van der Waals surface area contributed by atoms with Crippen LogP contribution in [0, 0.1) is 11.7 Å². The van der Waals surface area contributed by atoms with Crippen LogP contribution in [-0.2, 0) is 0 Å². The third-order valence-corrected chi connectivity index (χ3v) is 3.79. The van der Waals surface area contributed by atoms with Gasteiger partial charge in [0.25, 0.3) is 0 Å². The van der Waals surface area contributed by atoms with Crippen molar-refractivity contribution in [1.29, 1.82) is 0 Å². The average molecular weight is 257 g/mol. The second kappa shape index (κ2) is 4.92. The molecule has 17 heavy (non-hydrogen) atoms. The van der Waals surface area contributed by atoms with E-state index in [-0.39, 0.29) is 16.9 Å². The Bertz CT molecular complexity index is 402. The number of nitrogens with two attached hydrogens (primary N) is 1. The summed E-state index contributed by atoms with van der Waals surface area (Å²) in [5, 5.41) is 0.193. The van der Waals surface area contributed by atoms with Crippen molar-refractivity contribution in [2.24, 2.45) is 11.7 Å². The fourth-order valence-corrected chi connectivity index (χ4v) is 2.84. The third kappa shape index (κ3) is 2.62. The molecule has 0 saturated heterocycles. The largest absolute Gasteiger partial charge is 0.328 e. The van der Waals surface area contributed by atoms with Gasteiger partial charge in [0.1, 0.15) is 5.82 Å². The lowest BCUT2D eigenvalue weighted by Crippen LogP contribution is -2.43. The molecule has 1 atom stereocenters. The summed E-state index contributed by atoms with van der Waals surface area (Å²) in [4.78, 5) is 2.15. The molecule has 2 rings (SSSR count). The molecule has 1 aliphatic rings. The highest BCUT2D eigenvalue weighted by Gasteiger charge is 2.35. The molecule has 2 N–H and O–H groups in total. The van der Waals surface area contributed by atoms with Crippen LogP contribution in [-0.4, -0.2) is 25.0 Å². The molecule has 0 radical (unpaired) electrons. The number of hydrogen-bond acceptors (Lipinski definition) is 2. The molecule has 0 aromatic heterocycles. The summed E-state index contributed by atoms with van der Waals surface area (Å²) in [6, 6.07) is 5.57. The summed E-state index contributed by atoms with van der Waals surface area (Å²) in [7, 11) is 4.07. The normalized spacial score (nSPS) is 25.8. The van der Waals surface area contributed by atoms with Crippen LogP contribution < -0.4 is 5.73 Å². The molecule has 1 unspecified atom stereocenters. The van der Waals surface area contributed by atoms with Crippen LogP contribution in [0.1, 0.15) is 24.4 Å². The molecule has 1 aliphatic carbocycles. The van der Waals surface area contributed by atoms with E-state index >= 15 is 0 Å². The summed E-state index contributed by atoms with van der Waals surface area (Å²) in [5.41, 5.74) is 6.90. The van der Waals surface area contributed by atoms with Gasteiger partial charge in [-0.1, -0.05) is 17.7 Å². The first-order valence-electron chi connectivity index (χ1n) is 5.86. The highest BCUT2D eigenvalue weighted by atomic mass is 35.5. The molecule has 0 amide bonds. The van der Waals surface area contributed by atoms with E-state index in [1.807, 2.05) is 20.2 Å². The van der Waals surface area contributed by atoms with Gasteiger partial charge >= 0.3 is 0 Å². The first-order chi connectivity index (χ1) is 7.99. The van der Waals surface area contributed by atoms with Gasteiger partial charge in [-0.3, -0.25) is 0 Å². The lowest BCUT2D eigenvalue weighted by atomic mass is 9.73. The van der Waals surface area contributed by atoms with Crippen LogP contribution in [0.5, 0.6) is 0 Å². The monoisotopic (exact) mass is 256 g/mol. The molecule has 94 valence electrons. The highest BCUT2D eigenvalue weighted by molar-refractivity contribution is 6.30. The van der Waals surface area contributed by atoms with Crippen molar-refractivity contribution in [3.8, 4) is 0 Å². The highest BCUT2D eigenvalue weighted by Crippen LogP contribution is 2.40. The van der Waals surface area contributed by atoms with Gasteiger partial charge in [0.15, 0.2) is 0 Å². The van der Waals surface area contributed by atoms with Crippen molar-refractivity contribution in [2.45, 2.75) is 24.9 Å². The number of halogens is 2. The minimum absolute atomic E-state index is 0.193. The first-order valence-corrected chi connectivity index (χ1v) is 6.23. The van der Waals surface area contributed by atoms with E-state index < -0.39 is 0 Å². The van der Waals surface area contributed by atoms with E-state index in [4.69, 9.17) is 17.3 Å². The van der Waals surface area contributed by atoms with Crippen LogP contribution >= 0.6 is 11.6 Å². The van der Waals surface area contributed by atoms with E-state index in [1.165, 1.54) is 6.07 Å². The number of rotatable bonds is 3. The Labute approximate surface area is 107 Å². The number of benzene rings is 1. The van der Waals surface area contributed by atoms with E-state index in [2.05, 4.69) is 4.90 Å². The van der Waals surface area contributed by atoms with E-state index in [0.29, 0.717) is 12.0 Å². The van der Waals surface area contributed by atoms with E-state index in [9.17, 15) is 4.39 Å². The van der Waals surface area contributed by atoms with Crippen LogP contribution in [0.15, 0.2) is 18.2 Å². The minimum atomic E-state index is -0.363. The third-order valence-electron chi connectivity index (χ3n) is 3.50. The Morgan fingerprint density at radius 3 is 2.53 bits per heavy atom. The van der Waals surface area contributed by atoms with Crippen molar-refractivity contribution < 1.29 is 4.39 Å². The van der Waals surface area contributed by atoms with Crippen molar-refractivity contribution in [3.63, 3.8) is 0 Å². The molecular formula is C13H18ClFN2. The van der Waals surface area contributed by atoms with Gasteiger partial charge in [-0.2, -0.15) is 0 Å². The SMILES string of the molecule is CN(C)C(c1ccc(F)c(Cl)c1)C1CC(N)C1. The summed E-state index contributed by atoms with van der Waals surface area (Å²) in [6.45, 7) is 0. The van der Waals surface area contributed by atoms with Crippen molar-refractivity contribution in [1.82, 2.24) is 4.90 Å². The lowest BCUT2D eigenvalue weighted by molar-refractivity contribution is 0.123. The maximum atomic E-state index is 13.2. The number of hydrogen-bond donors (Lipinski definition) is 1. The topological polar surface area (TPSA) is 29.3 Å². The first kappa shape index (κ1) is 12.8. The van der Waals surface area contributed by atoms with Crippen LogP contribution in [0.25, 0.3) is 0 Å². The second-order valence-electron chi connectivity index (χ2n) is 5.07. The zero-order valence-electron chi connectivity index (χ0n) is 10.2. The zero-order chi connectivity index (χ0) is 12.6. The van der Waals surface area contributed by atoms with Crippen molar-refractivity contribution in [2.75, 3.05) is 14.1 Å². The van der Waals surface area contributed by atoms with Gasteiger partial charge in [0, 0.05) is 12.1 Å². The van der Waals surface area contributed by atoms with Crippen LogP contribution in [0.4, 0.5) is 4.39 Å². The Morgan fingerprint density at radius 1 is 1.41 bits per heavy atom. The maximum Gasteiger partial charge on any atom is 0.141 e. The summed E-state index contributed by atoms with van der Waals surface area (Å²) < 4.78 is 13.2. The molecule has 2 nitrogen and oxygen atoms in total. The fourth-order valence-electron chi connectivity index (χ4n) is 2.65. The molecule has 1 fully saturated rings. The van der Waals surface area contributed by atoms with Gasteiger partial charge in [-0.25, -0.2) is 4.39 Å². The van der Waals surface area contributed by atoms with Gasteiger partial charge in [-0.05, 0) is 50.6 Å². The molecule has 4 heteroatoms. The predicted molar refractivity (Wildman–Crippen MR) is 68.5 cm³/mol. The maximum absolute atomic E-state index is 13.2. The summed E-state index contributed by atoms with van der Waals surface area (Å²) in [5.74, 6) is 0.180. The quantitative estimate of drug-likeness (QED) is 0.901. The molecule has 0 heterocycles. The van der Waals surface area contributed by atoms with Crippen LogP contribution in [0.3, 0.4) is 0 Å².